The SMILES string of the molecule is CN=C(NCCc1c(C)noc1C)NC1CCc2ncnn2C1. The number of hydrogen-bond donors (Lipinski definition) is 2. The van der Waals surface area contributed by atoms with Gasteiger partial charge in [-0.05, 0) is 26.7 Å². The van der Waals surface area contributed by atoms with Gasteiger partial charge < -0.3 is 15.2 Å². The van der Waals surface area contributed by atoms with Gasteiger partial charge in [-0.25, -0.2) is 9.67 Å². The molecule has 0 aromatic carbocycles. The van der Waals surface area contributed by atoms with Crippen LogP contribution in [0.3, 0.4) is 0 Å². The van der Waals surface area contributed by atoms with Crippen LogP contribution in [-0.4, -0.2) is 45.5 Å². The Morgan fingerprint density at radius 1 is 1.48 bits per heavy atom. The minimum atomic E-state index is 0.314. The van der Waals surface area contributed by atoms with Crippen molar-refractivity contribution in [2.75, 3.05) is 13.6 Å². The molecule has 0 aliphatic carbocycles. The number of nitrogens with zero attached hydrogens (tertiary/aromatic N) is 5. The minimum absolute atomic E-state index is 0.314. The topological polar surface area (TPSA) is 93.2 Å². The van der Waals surface area contributed by atoms with Crippen LogP contribution in [0, 0.1) is 13.8 Å². The molecule has 0 radical (unpaired) electrons. The van der Waals surface area contributed by atoms with E-state index in [9.17, 15) is 0 Å². The van der Waals surface area contributed by atoms with Gasteiger partial charge in [0.1, 0.15) is 17.9 Å². The first kappa shape index (κ1) is 15.5. The fourth-order valence-electron chi connectivity index (χ4n) is 2.91. The molecule has 23 heavy (non-hydrogen) atoms. The number of aromatic nitrogens is 4. The molecule has 1 unspecified atom stereocenters. The largest absolute Gasteiger partial charge is 0.361 e. The Balaban J connectivity index is 1.49. The molecule has 0 fully saturated rings. The van der Waals surface area contributed by atoms with Gasteiger partial charge in [0.05, 0.1) is 12.2 Å². The molecule has 8 nitrogen and oxygen atoms in total. The van der Waals surface area contributed by atoms with Gasteiger partial charge in [0.25, 0.3) is 0 Å². The first-order valence-electron chi connectivity index (χ1n) is 7.93. The number of hydrogen-bond acceptors (Lipinski definition) is 5. The third kappa shape index (κ3) is 3.52. The van der Waals surface area contributed by atoms with E-state index in [0.717, 1.165) is 61.2 Å². The van der Waals surface area contributed by atoms with Crippen molar-refractivity contribution in [3.05, 3.63) is 29.2 Å². The molecule has 1 aliphatic heterocycles. The van der Waals surface area contributed by atoms with E-state index in [0.29, 0.717) is 6.04 Å². The van der Waals surface area contributed by atoms with E-state index in [1.807, 2.05) is 18.5 Å². The molecule has 0 amide bonds. The fraction of sp³-hybridized carbons (Fsp3) is 0.600. The zero-order valence-electron chi connectivity index (χ0n) is 13.8. The van der Waals surface area contributed by atoms with Crippen LogP contribution in [-0.2, 0) is 19.4 Å². The van der Waals surface area contributed by atoms with Crippen LogP contribution in [0.4, 0.5) is 0 Å². The van der Waals surface area contributed by atoms with E-state index in [-0.39, 0.29) is 0 Å². The molecule has 2 aromatic heterocycles. The Morgan fingerprint density at radius 3 is 3.09 bits per heavy atom. The monoisotopic (exact) mass is 317 g/mol. The second-order valence-corrected chi connectivity index (χ2v) is 5.79. The zero-order valence-corrected chi connectivity index (χ0v) is 13.8. The summed E-state index contributed by atoms with van der Waals surface area (Å²) in [6, 6.07) is 0.314. The summed E-state index contributed by atoms with van der Waals surface area (Å²) in [7, 11) is 1.79. The van der Waals surface area contributed by atoms with Crippen LogP contribution >= 0.6 is 0 Å². The Kier molecular flexibility index (Phi) is 4.59. The number of aryl methyl sites for hydroxylation is 3. The van der Waals surface area contributed by atoms with Crippen molar-refractivity contribution >= 4 is 5.96 Å². The minimum Gasteiger partial charge on any atom is -0.361 e. The average molecular weight is 317 g/mol. The average Bonchev–Trinajstić information content (AvgIpc) is 3.14. The third-order valence-electron chi connectivity index (χ3n) is 4.22. The van der Waals surface area contributed by atoms with Gasteiger partial charge in [0.15, 0.2) is 5.96 Å². The highest BCUT2D eigenvalue weighted by atomic mass is 16.5. The maximum atomic E-state index is 5.19. The summed E-state index contributed by atoms with van der Waals surface area (Å²) in [5.41, 5.74) is 2.12. The molecule has 0 saturated carbocycles. The number of aliphatic imine (C=N–C) groups is 1. The Hall–Kier alpha value is -2.38. The van der Waals surface area contributed by atoms with Gasteiger partial charge in [-0.2, -0.15) is 5.10 Å². The fourth-order valence-corrected chi connectivity index (χ4v) is 2.91. The van der Waals surface area contributed by atoms with Gasteiger partial charge in [0.2, 0.25) is 0 Å². The van der Waals surface area contributed by atoms with E-state index in [1.165, 1.54) is 0 Å². The Bertz CT molecular complexity index is 668. The predicted octanol–water partition coefficient (Wildman–Crippen LogP) is 0.605. The van der Waals surface area contributed by atoms with E-state index in [2.05, 4.69) is 30.9 Å². The summed E-state index contributed by atoms with van der Waals surface area (Å²) in [4.78, 5) is 8.55. The zero-order chi connectivity index (χ0) is 16.2. The van der Waals surface area contributed by atoms with Crippen molar-refractivity contribution in [3.8, 4) is 0 Å². The lowest BCUT2D eigenvalue weighted by molar-refractivity contribution is 0.391. The smallest absolute Gasteiger partial charge is 0.191 e. The lowest BCUT2D eigenvalue weighted by Gasteiger charge is -2.25. The molecule has 0 saturated heterocycles. The molecular formula is C15H23N7O. The van der Waals surface area contributed by atoms with Crippen LogP contribution in [0.1, 0.15) is 29.3 Å². The van der Waals surface area contributed by atoms with Crippen LogP contribution in [0.2, 0.25) is 0 Å². The van der Waals surface area contributed by atoms with Crippen molar-refractivity contribution in [1.82, 2.24) is 30.6 Å². The number of nitrogens with one attached hydrogen (secondary N) is 2. The molecular weight excluding hydrogens is 294 g/mol. The first-order chi connectivity index (χ1) is 11.2. The summed E-state index contributed by atoms with van der Waals surface area (Å²) >= 11 is 0. The molecule has 2 N–H and O–H groups in total. The Labute approximate surface area is 135 Å². The van der Waals surface area contributed by atoms with Gasteiger partial charge in [-0.3, -0.25) is 4.99 Å². The van der Waals surface area contributed by atoms with Crippen molar-refractivity contribution in [2.24, 2.45) is 4.99 Å². The summed E-state index contributed by atoms with van der Waals surface area (Å²) in [5, 5.41) is 15.0. The molecule has 2 aromatic rings. The normalized spacial score (nSPS) is 17.9. The molecule has 3 rings (SSSR count). The number of fused-ring (bicyclic) bond motifs is 1. The van der Waals surface area contributed by atoms with Crippen molar-refractivity contribution < 1.29 is 4.52 Å². The molecule has 124 valence electrons. The standard InChI is InChI=1S/C15H23N7O/c1-10-13(11(2)23-21-10)6-7-17-15(16-3)20-12-4-5-14-18-9-19-22(14)8-12/h9,12H,4-8H2,1-3H3,(H2,16,17,20). The highest BCUT2D eigenvalue weighted by Gasteiger charge is 2.20. The molecule has 1 aliphatic rings. The van der Waals surface area contributed by atoms with Crippen LogP contribution in [0.5, 0.6) is 0 Å². The van der Waals surface area contributed by atoms with Crippen LogP contribution < -0.4 is 10.6 Å². The van der Waals surface area contributed by atoms with E-state index in [4.69, 9.17) is 4.52 Å². The molecule has 8 heteroatoms. The maximum absolute atomic E-state index is 5.19. The van der Waals surface area contributed by atoms with Crippen LogP contribution in [0.25, 0.3) is 0 Å². The van der Waals surface area contributed by atoms with E-state index < -0.39 is 0 Å². The predicted molar refractivity (Wildman–Crippen MR) is 86.3 cm³/mol. The van der Waals surface area contributed by atoms with Crippen LogP contribution in [0.15, 0.2) is 15.8 Å². The molecule has 0 spiro atoms. The van der Waals surface area contributed by atoms with Crippen molar-refractivity contribution in [1.29, 1.82) is 0 Å². The van der Waals surface area contributed by atoms with E-state index in [1.54, 1.807) is 13.4 Å². The Morgan fingerprint density at radius 2 is 2.35 bits per heavy atom. The lowest BCUT2D eigenvalue weighted by Crippen LogP contribution is -2.47. The van der Waals surface area contributed by atoms with E-state index >= 15 is 0 Å². The summed E-state index contributed by atoms with van der Waals surface area (Å²) in [6.45, 7) is 5.51. The van der Waals surface area contributed by atoms with Crippen molar-refractivity contribution in [2.45, 2.75) is 45.7 Å². The molecule has 3 heterocycles. The first-order valence-corrected chi connectivity index (χ1v) is 7.93. The lowest BCUT2D eigenvalue weighted by atomic mass is 10.1. The van der Waals surface area contributed by atoms with Crippen molar-refractivity contribution in [3.63, 3.8) is 0 Å². The summed E-state index contributed by atoms with van der Waals surface area (Å²) < 4.78 is 7.14. The number of rotatable bonds is 4. The van der Waals surface area contributed by atoms with Gasteiger partial charge in [-0.15, -0.1) is 0 Å². The van der Waals surface area contributed by atoms with Gasteiger partial charge in [0, 0.05) is 31.6 Å². The maximum Gasteiger partial charge on any atom is 0.191 e. The number of guanidine groups is 1. The molecule has 0 bridgehead atoms. The summed E-state index contributed by atoms with van der Waals surface area (Å²) in [6.07, 6.45) is 4.45. The highest BCUT2D eigenvalue weighted by molar-refractivity contribution is 5.79. The second kappa shape index (κ2) is 6.80. The second-order valence-electron chi connectivity index (χ2n) is 5.79. The quantitative estimate of drug-likeness (QED) is 0.634. The highest BCUT2D eigenvalue weighted by Crippen LogP contribution is 2.12. The third-order valence-corrected chi connectivity index (χ3v) is 4.22. The molecule has 1 atom stereocenters. The summed E-state index contributed by atoms with van der Waals surface area (Å²) in [5.74, 6) is 2.76. The van der Waals surface area contributed by atoms with Gasteiger partial charge >= 0.3 is 0 Å². The van der Waals surface area contributed by atoms with Gasteiger partial charge in [-0.1, -0.05) is 5.16 Å².